The summed E-state index contributed by atoms with van der Waals surface area (Å²) in [5, 5.41) is 7.91. The smallest absolute Gasteiger partial charge is 0.287 e. The van der Waals surface area contributed by atoms with Gasteiger partial charge in [0.05, 0.1) is 24.5 Å². The predicted octanol–water partition coefficient (Wildman–Crippen LogP) is 4.28. The maximum Gasteiger partial charge on any atom is 0.287 e. The third kappa shape index (κ3) is 5.73. The standard InChI is InChI=1S/C23H29ClN4O3S/c1-16(29)18-5-2-6-20(12-18)32-27-9-7-19(8-10-27)28-23(30)22(24)21(14-26-28)25-13-17-4-3-11-31-15-17/h2,5-6,12,14,17,19,25H,3-4,7-11,13,15H2,1H3. The van der Waals surface area contributed by atoms with Crippen molar-refractivity contribution in [3.05, 3.63) is 51.4 Å². The van der Waals surface area contributed by atoms with E-state index in [-0.39, 0.29) is 22.4 Å². The summed E-state index contributed by atoms with van der Waals surface area (Å²) < 4.78 is 9.32. The number of hydrogen-bond acceptors (Lipinski definition) is 7. The van der Waals surface area contributed by atoms with Crippen LogP contribution in [-0.4, -0.2) is 52.7 Å². The summed E-state index contributed by atoms with van der Waals surface area (Å²) in [4.78, 5) is 25.5. The van der Waals surface area contributed by atoms with Gasteiger partial charge in [-0.25, -0.2) is 8.99 Å². The highest BCUT2D eigenvalue weighted by Gasteiger charge is 2.24. The average molecular weight is 477 g/mol. The lowest BCUT2D eigenvalue weighted by Crippen LogP contribution is -2.36. The van der Waals surface area contributed by atoms with Crippen LogP contribution in [0.5, 0.6) is 0 Å². The number of ketones is 1. The molecule has 1 aromatic heterocycles. The molecule has 2 saturated heterocycles. The lowest BCUT2D eigenvalue weighted by atomic mass is 10.0. The van der Waals surface area contributed by atoms with Crippen molar-refractivity contribution in [3.8, 4) is 0 Å². The number of carbonyl (C=O) groups excluding carboxylic acids is 1. The fourth-order valence-corrected chi connectivity index (χ4v) is 5.36. The fraction of sp³-hybridized carbons (Fsp3) is 0.522. The molecule has 32 heavy (non-hydrogen) atoms. The number of Topliss-reactive ketones (excluding diaryl/α,β-unsaturated/α-hetero) is 1. The van der Waals surface area contributed by atoms with Crippen molar-refractivity contribution in [1.29, 1.82) is 0 Å². The van der Waals surface area contributed by atoms with Crippen molar-refractivity contribution < 1.29 is 9.53 Å². The second-order valence-corrected chi connectivity index (χ2v) is 9.97. The Morgan fingerprint density at radius 3 is 2.84 bits per heavy atom. The first-order valence-electron chi connectivity index (χ1n) is 11.1. The molecule has 0 bridgehead atoms. The maximum absolute atomic E-state index is 12.9. The van der Waals surface area contributed by atoms with Crippen LogP contribution < -0.4 is 10.9 Å². The molecule has 9 heteroatoms. The predicted molar refractivity (Wildman–Crippen MR) is 128 cm³/mol. The highest BCUT2D eigenvalue weighted by atomic mass is 35.5. The zero-order valence-electron chi connectivity index (χ0n) is 18.3. The van der Waals surface area contributed by atoms with E-state index in [1.807, 2.05) is 24.3 Å². The van der Waals surface area contributed by atoms with E-state index in [4.69, 9.17) is 16.3 Å². The van der Waals surface area contributed by atoms with Gasteiger partial charge in [-0.05, 0) is 62.6 Å². The largest absolute Gasteiger partial charge is 0.382 e. The second-order valence-electron chi connectivity index (χ2n) is 8.42. The topological polar surface area (TPSA) is 76.5 Å². The number of ether oxygens (including phenoxy) is 1. The van der Waals surface area contributed by atoms with E-state index in [1.165, 1.54) is 4.68 Å². The number of hydrogen-bond donors (Lipinski definition) is 1. The summed E-state index contributed by atoms with van der Waals surface area (Å²) in [5.41, 5.74) is 1.08. The highest BCUT2D eigenvalue weighted by molar-refractivity contribution is 7.97. The van der Waals surface area contributed by atoms with Crippen molar-refractivity contribution >= 4 is 35.0 Å². The van der Waals surface area contributed by atoms with Gasteiger partial charge >= 0.3 is 0 Å². The highest BCUT2D eigenvalue weighted by Crippen LogP contribution is 2.30. The number of carbonyl (C=O) groups is 1. The number of rotatable bonds is 7. The van der Waals surface area contributed by atoms with Gasteiger partial charge in [-0.15, -0.1) is 0 Å². The molecule has 2 aliphatic rings. The Kier molecular flexibility index (Phi) is 7.88. The van der Waals surface area contributed by atoms with Crippen molar-refractivity contribution in [2.24, 2.45) is 5.92 Å². The Morgan fingerprint density at radius 1 is 1.31 bits per heavy atom. The van der Waals surface area contributed by atoms with Crippen molar-refractivity contribution in [2.75, 3.05) is 38.2 Å². The number of anilines is 1. The second kappa shape index (κ2) is 10.8. The molecular weight excluding hydrogens is 448 g/mol. The Bertz CT molecular complexity index is 1000. The third-order valence-electron chi connectivity index (χ3n) is 6.02. The van der Waals surface area contributed by atoms with Crippen molar-refractivity contribution in [1.82, 2.24) is 14.1 Å². The zero-order chi connectivity index (χ0) is 22.5. The molecule has 7 nitrogen and oxygen atoms in total. The summed E-state index contributed by atoms with van der Waals surface area (Å²) >= 11 is 8.05. The van der Waals surface area contributed by atoms with Crippen LogP contribution in [0, 0.1) is 5.92 Å². The van der Waals surface area contributed by atoms with Gasteiger partial charge in [0.2, 0.25) is 0 Å². The Balaban J connectivity index is 1.34. The molecule has 0 amide bonds. The summed E-state index contributed by atoms with van der Waals surface area (Å²) in [6.45, 7) is 5.53. The van der Waals surface area contributed by atoms with E-state index < -0.39 is 0 Å². The molecule has 3 heterocycles. The number of aromatic nitrogens is 2. The van der Waals surface area contributed by atoms with Crippen LogP contribution in [0.15, 0.2) is 40.2 Å². The first-order chi connectivity index (χ1) is 15.5. The SMILES string of the molecule is CC(=O)c1cccc(SN2CCC(n3ncc(NCC4CCCOC4)c(Cl)c3=O)CC2)c1. The minimum absolute atomic E-state index is 0.0289. The number of halogens is 1. The quantitative estimate of drug-likeness (QED) is 0.472. The van der Waals surface area contributed by atoms with Gasteiger partial charge in [0.25, 0.3) is 5.56 Å². The summed E-state index contributed by atoms with van der Waals surface area (Å²) in [6.07, 6.45) is 5.48. The Labute approximate surface area is 197 Å². The summed E-state index contributed by atoms with van der Waals surface area (Å²) in [5.74, 6) is 0.499. The van der Waals surface area contributed by atoms with Crippen molar-refractivity contribution in [3.63, 3.8) is 0 Å². The van der Waals surface area contributed by atoms with E-state index in [0.29, 0.717) is 11.6 Å². The van der Waals surface area contributed by atoms with E-state index in [9.17, 15) is 9.59 Å². The first kappa shape index (κ1) is 23.3. The number of nitrogens with one attached hydrogen (secondary N) is 1. The Hall–Kier alpha value is -1.87. The van der Waals surface area contributed by atoms with Crippen LogP contribution in [0.1, 0.15) is 49.0 Å². The number of piperidine rings is 1. The molecule has 2 aromatic rings. The molecule has 0 radical (unpaired) electrons. The molecule has 2 aliphatic heterocycles. The van der Waals surface area contributed by atoms with Gasteiger partial charge in [-0.2, -0.15) is 5.10 Å². The molecule has 0 spiro atoms. The fourth-order valence-electron chi connectivity index (χ4n) is 4.15. The molecule has 1 unspecified atom stereocenters. The van der Waals surface area contributed by atoms with E-state index in [1.54, 1.807) is 25.1 Å². The van der Waals surface area contributed by atoms with Crippen LogP contribution in [0.4, 0.5) is 5.69 Å². The van der Waals surface area contributed by atoms with Crippen LogP contribution in [0.2, 0.25) is 5.02 Å². The average Bonchev–Trinajstić information content (AvgIpc) is 2.81. The van der Waals surface area contributed by atoms with Crippen molar-refractivity contribution in [2.45, 2.75) is 43.5 Å². The molecule has 0 saturated carbocycles. The van der Waals surface area contributed by atoms with Gasteiger partial charge in [0, 0.05) is 36.7 Å². The molecule has 1 aromatic carbocycles. The number of benzene rings is 1. The number of nitrogens with zero attached hydrogens (tertiary/aromatic N) is 3. The minimum atomic E-state index is -0.239. The molecule has 1 atom stereocenters. The molecule has 4 rings (SSSR count). The van der Waals surface area contributed by atoms with E-state index in [0.717, 1.165) is 69.0 Å². The van der Waals surface area contributed by atoms with Crippen LogP contribution in [0.3, 0.4) is 0 Å². The third-order valence-corrected chi connectivity index (χ3v) is 7.48. The molecule has 0 aliphatic carbocycles. The maximum atomic E-state index is 12.9. The summed E-state index contributed by atoms with van der Waals surface area (Å²) in [6, 6.07) is 7.72. The van der Waals surface area contributed by atoms with Gasteiger partial charge in [-0.3, -0.25) is 9.59 Å². The normalized spacial score (nSPS) is 20.2. The van der Waals surface area contributed by atoms with Gasteiger partial charge < -0.3 is 10.1 Å². The lowest BCUT2D eigenvalue weighted by molar-refractivity contribution is 0.0595. The van der Waals surface area contributed by atoms with E-state index >= 15 is 0 Å². The molecular formula is C23H29ClN4O3S. The Morgan fingerprint density at radius 2 is 2.12 bits per heavy atom. The summed E-state index contributed by atoms with van der Waals surface area (Å²) in [7, 11) is 0. The van der Waals surface area contributed by atoms with E-state index in [2.05, 4.69) is 14.7 Å². The minimum Gasteiger partial charge on any atom is -0.382 e. The van der Waals surface area contributed by atoms with Gasteiger partial charge in [0.15, 0.2) is 5.78 Å². The molecule has 1 N–H and O–H groups in total. The van der Waals surface area contributed by atoms with Gasteiger partial charge in [-0.1, -0.05) is 23.7 Å². The molecule has 172 valence electrons. The first-order valence-corrected chi connectivity index (χ1v) is 12.3. The zero-order valence-corrected chi connectivity index (χ0v) is 19.8. The monoisotopic (exact) mass is 476 g/mol. The van der Waals surface area contributed by atoms with Crippen LogP contribution >= 0.6 is 23.5 Å². The lowest BCUT2D eigenvalue weighted by Gasteiger charge is -2.31. The van der Waals surface area contributed by atoms with Crippen LogP contribution in [-0.2, 0) is 4.74 Å². The van der Waals surface area contributed by atoms with Crippen LogP contribution in [0.25, 0.3) is 0 Å². The van der Waals surface area contributed by atoms with Gasteiger partial charge in [0.1, 0.15) is 5.02 Å². The molecule has 2 fully saturated rings.